The van der Waals surface area contributed by atoms with E-state index in [2.05, 4.69) is 5.32 Å². The van der Waals surface area contributed by atoms with E-state index in [1.165, 1.54) is 30.0 Å². The molecule has 7 heteroatoms. The van der Waals surface area contributed by atoms with Gasteiger partial charge >= 0.3 is 5.97 Å². The van der Waals surface area contributed by atoms with Gasteiger partial charge in [-0.2, -0.15) is 0 Å². The zero-order chi connectivity index (χ0) is 24.5. The smallest absolute Gasteiger partial charge is 0.336 e. The van der Waals surface area contributed by atoms with Gasteiger partial charge in [-0.05, 0) is 36.4 Å². The maximum atomic E-state index is 13.6. The summed E-state index contributed by atoms with van der Waals surface area (Å²) in [5.74, 6) is -2.62. The first-order valence-corrected chi connectivity index (χ1v) is 11.5. The summed E-state index contributed by atoms with van der Waals surface area (Å²) in [5, 5.41) is 12.1. The maximum absolute atomic E-state index is 13.6. The van der Waals surface area contributed by atoms with Crippen LogP contribution in [-0.4, -0.2) is 28.5 Å². The fourth-order valence-electron chi connectivity index (χ4n) is 4.06. The van der Waals surface area contributed by atoms with Gasteiger partial charge in [0.05, 0.1) is 22.4 Å². The Bertz CT molecular complexity index is 1530. The van der Waals surface area contributed by atoms with Gasteiger partial charge in [0, 0.05) is 26.5 Å². The van der Waals surface area contributed by atoms with Crippen LogP contribution in [0.1, 0.15) is 52.6 Å². The molecule has 6 nitrogen and oxygen atoms in total. The molecule has 1 amide bonds. The molecule has 0 unspecified atom stereocenters. The minimum absolute atomic E-state index is 0.0496. The molecule has 2 N–H and O–H groups in total. The summed E-state index contributed by atoms with van der Waals surface area (Å²) in [6.45, 7) is 0. The van der Waals surface area contributed by atoms with Crippen molar-refractivity contribution in [2.75, 3.05) is 5.32 Å². The van der Waals surface area contributed by atoms with Crippen molar-refractivity contribution in [1.29, 1.82) is 0 Å². The molecule has 5 rings (SSSR count). The third-order valence-corrected chi connectivity index (χ3v) is 6.73. The molecule has 0 fully saturated rings. The van der Waals surface area contributed by atoms with E-state index in [0.29, 0.717) is 10.5 Å². The van der Waals surface area contributed by atoms with Crippen LogP contribution >= 0.6 is 11.8 Å². The first-order chi connectivity index (χ1) is 17.0. The number of fused-ring (bicyclic) bond motifs is 2. The highest BCUT2D eigenvalue weighted by molar-refractivity contribution is 7.99. The van der Waals surface area contributed by atoms with Gasteiger partial charge in [0.15, 0.2) is 11.6 Å². The molecule has 4 aromatic carbocycles. The molecular weight excluding hydrogens is 462 g/mol. The molecule has 35 heavy (non-hydrogen) atoms. The lowest BCUT2D eigenvalue weighted by Crippen LogP contribution is -2.25. The summed E-state index contributed by atoms with van der Waals surface area (Å²) in [6.07, 6.45) is 0. The first-order valence-electron chi connectivity index (χ1n) is 10.7. The Morgan fingerprint density at radius 1 is 0.657 bits per heavy atom. The molecule has 0 atom stereocenters. The molecule has 0 radical (unpaired) electrons. The number of carboxylic acids is 1. The molecule has 0 heterocycles. The zero-order valence-electron chi connectivity index (χ0n) is 18.1. The quantitative estimate of drug-likeness (QED) is 0.342. The second-order valence-electron chi connectivity index (χ2n) is 7.79. The molecule has 170 valence electrons. The predicted molar refractivity (Wildman–Crippen MR) is 132 cm³/mol. The number of hydrogen-bond donors (Lipinski definition) is 2. The van der Waals surface area contributed by atoms with Gasteiger partial charge in [-0.1, -0.05) is 66.4 Å². The number of nitrogens with one attached hydrogen (secondary N) is 1. The average molecular weight is 480 g/mol. The Kier molecular flexibility index (Phi) is 5.76. The molecule has 1 aliphatic carbocycles. The van der Waals surface area contributed by atoms with E-state index in [1.807, 2.05) is 30.3 Å². The fourth-order valence-corrected chi connectivity index (χ4v) is 5.04. The maximum Gasteiger partial charge on any atom is 0.336 e. The minimum Gasteiger partial charge on any atom is -0.478 e. The van der Waals surface area contributed by atoms with Crippen LogP contribution in [0.15, 0.2) is 101 Å². The normalized spacial score (nSPS) is 12.0. The average Bonchev–Trinajstić information content (AvgIpc) is 2.88. The Labute approximate surface area is 204 Å². The van der Waals surface area contributed by atoms with Crippen LogP contribution < -0.4 is 5.32 Å². The standard InChI is InChI=1S/C28H17NO5S/c30-25-17-10-4-5-11-18(17)26(31)24-22(35-16-8-2-1-3-9-16)15-14-21(23(24)25)29-27(32)19-12-6-7-13-20(19)28(33)34/h1-15H,(H,29,32)(H,33,34). The number of rotatable bonds is 5. The summed E-state index contributed by atoms with van der Waals surface area (Å²) in [6, 6.07) is 25.1. The van der Waals surface area contributed by atoms with Crippen LogP contribution in [0, 0.1) is 0 Å². The van der Waals surface area contributed by atoms with Gasteiger partial charge in [0.2, 0.25) is 0 Å². The van der Waals surface area contributed by atoms with Crippen LogP contribution in [0.4, 0.5) is 5.69 Å². The zero-order valence-corrected chi connectivity index (χ0v) is 19.0. The Morgan fingerprint density at radius 3 is 1.89 bits per heavy atom. The molecular formula is C28H17NO5S. The number of amides is 1. The van der Waals surface area contributed by atoms with Gasteiger partial charge in [0.25, 0.3) is 5.91 Å². The topological polar surface area (TPSA) is 101 Å². The van der Waals surface area contributed by atoms with Gasteiger partial charge in [-0.3, -0.25) is 14.4 Å². The highest BCUT2D eigenvalue weighted by Crippen LogP contribution is 2.40. The van der Waals surface area contributed by atoms with E-state index >= 15 is 0 Å². The monoisotopic (exact) mass is 479 g/mol. The van der Waals surface area contributed by atoms with Crippen LogP contribution in [0.5, 0.6) is 0 Å². The van der Waals surface area contributed by atoms with Gasteiger partial charge < -0.3 is 10.4 Å². The fraction of sp³-hybridized carbons (Fsp3) is 0. The van der Waals surface area contributed by atoms with Crippen molar-refractivity contribution in [2.45, 2.75) is 9.79 Å². The highest BCUT2D eigenvalue weighted by atomic mass is 32.2. The number of carboxylic acid groups (broad SMARTS) is 1. The highest BCUT2D eigenvalue weighted by Gasteiger charge is 2.34. The number of carbonyl (C=O) groups excluding carboxylic acids is 3. The number of aromatic carboxylic acids is 1. The van der Waals surface area contributed by atoms with E-state index < -0.39 is 11.9 Å². The molecule has 1 aliphatic rings. The summed E-state index contributed by atoms with van der Waals surface area (Å²) in [4.78, 5) is 53.2. The lowest BCUT2D eigenvalue weighted by molar-refractivity contribution is 0.0692. The molecule has 0 bridgehead atoms. The summed E-state index contributed by atoms with van der Waals surface area (Å²) in [5.41, 5.74) is 0.806. The molecule has 0 spiro atoms. The van der Waals surface area contributed by atoms with Crippen molar-refractivity contribution in [3.8, 4) is 0 Å². The van der Waals surface area contributed by atoms with Crippen molar-refractivity contribution >= 4 is 40.9 Å². The lowest BCUT2D eigenvalue weighted by Gasteiger charge is -2.23. The third kappa shape index (κ3) is 4.02. The predicted octanol–water partition coefficient (Wildman–Crippen LogP) is 5.56. The summed E-state index contributed by atoms with van der Waals surface area (Å²) >= 11 is 1.35. The van der Waals surface area contributed by atoms with Crippen molar-refractivity contribution in [3.05, 3.63) is 124 Å². The third-order valence-electron chi connectivity index (χ3n) is 5.66. The van der Waals surface area contributed by atoms with Crippen molar-refractivity contribution in [1.82, 2.24) is 0 Å². The second kappa shape index (κ2) is 9.04. The van der Waals surface area contributed by atoms with E-state index in [1.54, 1.807) is 42.5 Å². The van der Waals surface area contributed by atoms with Crippen molar-refractivity contribution in [2.24, 2.45) is 0 Å². The van der Waals surface area contributed by atoms with Crippen LogP contribution in [0.25, 0.3) is 0 Å². The van der Waals surface area contributed by atoms with E-state index in [-0.39, 0.29) is 45.1 Å². The van der Waals surface area contributed by atoms with Crippen LogP contribution in [0.2, 0.25) is 0 Å². The lowest BCUT2D eigenvalue weighted by atomic mass is 9.83. The molecule has 0 saturated carbocycles. The summed E-state index contributed by atoms with van der Waals surface area (Å²) < 4.78 is 0. The first kappa shape index (κ1) is 22.3. The second-order valence-corrected chi connectivity index (χ2v) is 8.90. The molecule has 0 saturated heterocycles. The van der Waals surface area contributed by atoms with Crippen LogP contribution in [-0.2, 0) is 0 Å². The van der Waals surface area contributed by atoms with Gasteiger partial charge in [-0.25, -0.2) is 4.79 Å². The van der Waals surface area contributed by atoms with Crippen molar-refractivity contribution < 1.29 is 24.3 Å². The van der Waals surface area contributed by atoms with E-state index in [4.69, 9.17) is 0 Å². The van der Waals surface area contributed by atoms with Gasteiger partial charge in [0.1, 0.15) is 0 Å². The number of hydrogen-bond acceptors (Lipinski definition) is 5. The SMILES string of the molecule is O=C(O)c1ccccc1C(=O)Nc1ccc(Sc2ccccc2)c2c1C(=O)c1ccccc1C2=O. The summed E-state index contributed by atoms with van der Waals surface area (Å²) in [7, 11) is 0. The number of benzene rings is 4. The van der Waals surface area contributed by atoms with Crippen LogP contribution in [0.3, 0.4) is 0 Å². The Hall–Kier alpha value is -4.49. The van der Waals surface area contributed by atoms with Gasteiger partial charge in [-0.15, -0.1) is 0 Å². The number of anilines is 1. The molecule has 0 aromatic heterocycles. The van der Waals surface area contributed by atoms with Crippen molar-refractivity contribution in [3.63, 3.8) is 0 Å². The Balaban J connectivity index is 1.64. The Morgan fingerprint density at radius 2 is 1.23 bits per heavy atom. The molecule has 0 aliphatic heterocycles. The minimum atomic E-state index is -1.24. The van der Waals surface area contributed by atoms with E-state index in [9.17, 15) is 24.3 Å². The number of carbonyl (C=O) groups is 4. The largest absolute Gasteiger partial charge is 0.478 e. The number of ketones is 2. The molecule has 4 aromatic rings. The van der Waals surface area contributed by atoms with E-state index in [0.717, 1.165) is 4.90 Å².